The largest absolute Gasteiger partial charge is 0.462 e. The Balaban J connectivity index is 3.57. The monoisotopic (exact) mass is 799 g/mol. The number of allylic oxidation sites excluding steroid dienone is 8. The van der Waals surface area contributed by atoms with Crippen LogP contribution in [0.15, 0.2) is 48.6 Å². The zero-order valence-electron chi connectivity index (χ0n) is 37.9. The summed E-state index contributed by atoms with van der Waals surface area (Å²) in [5, 5.41) is 9.60. The highest BCUT2D eigenvalue weighted by Gasteiger charge is 2.16. The molecule has 0 fully saturated rings. The SMILES string of the molecule is CCCCCCCCC/C=C/C/C=C/C/C=C/C/C=C/CCCC(=O)O[C@@H](CO)COC(=O)CCCCCCCCCCCCCCCCCCCCCCCC. The number of hydrogen-bond acceptors (Lipinski definition) is 5. The van der Waals surface area contributed by atoms with Gasteiger partial charge in [0.25, 0.3) is 0 Å². The Morgan fingerprint density at radius 1 is 0.404 bits per heavy atom. The number of esters is 2. The van der Waals surface area contributed by atoms with Crippen molar-refractivity contribution in [2.75, 3.05) is 13.2 Å². The first kappa shape index (κ1) is 54.9. The predicted molar refractivity (Wildman–Crippen MR) is 247 cm³/mol. The van der Waals surface area contributed by atoms with Crippen LogP contribution in [0.25, 0.3) is 0 Å². The summed E-state index contributed by atoms with van der Waals surface area (Å²) < 4.78 is 10.6. The summed E-state index contributed by atoms with van der Waals surface area (Å²) >= 11 is 0. The van der Waals surface area contributed by atoms with Crippen molar-refractivity contribution in [3.05, 3.63) is 48.6 Å². The van der Waals surface area contributed by atoms with E-state index in [4.69, 9.17) is 9.47 Å². The van der Waals surface area contributed by atoms with Crippen molar-refractivity contribution in [1.29, 1.82) is 0 Å². The van der Waals surface area contributed by atoms with Crippen LogP contribution in [-0.4, -0.2) is 36.4 Å². The third kappa shape index (κ3) is 46.4. The molecule has 0 saturated carbocycles. The molecule has 0 heterocycles. The predicted octanol–water partition coefficient (Wildman–Crippen LogP) is 16.1. The van der Waals surface area contributed by atoms with Gasteiger partial charge in [0.2, 0.25) is 0 Å². The molecule has 1 N–H and O–H groups in total. The lowest BCUT2D eigenvalue weighted by Crippen LogP contribution is -2.28. The first-order valence-corrected chi connectivity index (χ1v) is 24.7. The third-order valence-electron chi connectivity index (χ3n) is 10.9. The summed E-state index contributed by atoms with van der Waals surface area (Å²) in [6.45, 7) is 4.12. The normalized spacial score (nSPS) is 12.5. The fourth-order valence-electron chi connectivity index (χ4n) is 7.14. The van der Waals surface area contributed by atoms with E-state index in [1.165, 1.54) is 173 Å². The Morgan fingerprint density at radius 3 is 1.11 bits per heavy atom. The van der Waals surface area contributed by atoms with Gasteiger partial charge in [0.05, 0.1) is 6.61 Å². The van der Waals surface area contributed by atoms with Crippen molar-refractivity contribution in [3.8, 4) is 0 Å². The molecule has 0 saturated heterocycles. The zero-order chi connectivity index (χ0) is 41.4. The molecule has 0 unspecified atom stereocenters. The van der Waals surface area contributed by atoms with Gasteiger partial charge >= 0.3 is 11.9 Å². The van der Waals surface area contributed by atoms with Crippen LogP contribution in [0.1, 0.15) is 251 Å². The molecule has 0 aliphatic rings. The van der Waals surface area contributed by atoms with Gasteiger partial charge in [-0.15, -0.1) is 0 Å². The van der Waals surface area contributed by atoms with E-state index in [0.29, 0.717) is 12.8 Å². The smallest absolute Gasteiger partial charge is 0.306 e. The number of aliphatic hydroxyl groups is 1. The van der Waals surface area contributed by atoms with Gasteiger partial charge in [0.1, 0.15) is 6.61 Å². The Morgan fingerprint density at radius 2 is 0.719 bits per heavy atom. The molecule has 0 aromatic rings. The maximum absolute atomic E-state index is 12.2. The van der Waals surface area contributed by atoms with E-state index in [-0.39, 0.29) is 31.6 Å². The van der Waals surface area contributed by atoms with Crippen molar-refractivity contribution in [2.45, 2.75) is 258 Å². The standard InChI is InChI=1S/C52H94O5/c1-3-5-7-9-11-13-15-17-19-21-23-25-27-28-30-32-34-36-38-40-42-44-46-51(54)56-49-50(48-53)57-52(55)47-45-43-41-39-37-35-33-31-29-26-24-22-20-18-16-14-12-10-8-6-4-2/h20,22,26,29,33,35,39,41,50,53H,3-19,21,23-25,27-28,30-32,34,36-38,40,42-49H2,1-2H3/b22-20+,29-26+,35-33+,41-39+/t50-/m0/s1. The van der Waals surface area contributed by atoms with Gasteiger partial charge in [-0.1, -0.05) is 236 Å². The fraction of sp³-hybridized carbons (Fsp3) is 0.808. The second kappa shape index (κ2) is 48.2. The number of rotatable bonds is 45. The zero-order valence-corrected chi connectivity index (χ0v) is 37.9. The number of aliphatic hydroxyl groups excluding tert-OH is 1. The summed E-state index contributed by atoms with van der Waals surface area (Å²) in [7, 11) is 0. The van der Waals surface area contributed by atoms with Gasteiger partial charge in [-0.3, -0.25) is 9.59 Å². The van der Waals surface area contributed by atoms with Crippen LogP contribution in [0.5, 0.6) is 0 Å². The molecule has 0 aromatic carbocycles. The fourth-order valence-corrected chi connectivity index (χ4v) is 7.14. The van der Waals surface area contributed by atoms with Crippen LogP contribution >= 0.6 is 0 Å². The molecule has 5 heteroatoms. The van der Waals surface area contributed by atoms with Crippen LogP contribution < -0.4 is 0 Å². The third-order valence-corrected chi connectivity index (χ3v) is 10.9. The molecule has 0 rings (SSSR count). The molecule has 332 valence electrons. The van der Waals surface area contributed by atoms with Gasteiger partial charge in [0, 0.05) is 12.8 Å². The molecule has 0 aliphatic carbocycles. The topological polar surface area (TPSA) is 72.8 Å². The van der Waals surface area contributed by atoms with Crippen molar-refractivity contribution in [3.63, 3.8) is 0 Å². The lowest BCUT2D eigenvalue weighted by atomic mass is 10.0. The van der Waals surface area contributed by atoms with Crippen LogP contribution in [0.2, 0.25) is 0 Å². The van der Waals surface area contributed by atoms with Gasteiger partial charge in [0.15, 0.2) is 6.10 Å². The second-order valence-electron chi connectivity index (χ2n) is 16.5. The minimum atomic E-state index is -0.799. The molecule has 0 radical (unpaired) electrons. The summed E-state index contributed by atoms with van der Waals surface area (Å²) in [5.74, 6) is -0.646. The van der Waals surface area contributed by atoms with Crippen molar-refractivity contribution >= 4 is 11.9 Å². The summed E-state index contributed by atoms with van der Waals surface area (Å²) in [4.78, 5) is 24.4. The molecular weight excluding hydrogens is 705 g/mol. The lowest BCUT2D eigenvalue weighted by Gasteiger charge is -2.15. The van der Waals surface area contributed by atoms with Crippen LogP contribution in [0.3, 0.4) is 0 Å². The number of unbranched alkanes of at least 4 members (excludes halogenated alkanes) is 29. The average Bonchev–Trinajstić information content (AvgIpc) is 3.21. The number of hydrogen-bond donors (Lipinski definition) is 1. The van der Waals surface area contributed by atoms with E-state index in [1.54, 1.807) is 0 Å². The van der Waals surface area contributed by atoms with Gasteiger partial charge < -0.3 is 14.6 Å². The molecule has 0 aromatic heterocycles. The van der Waals surface area contributed by atoms with Crippen molar-refractivity contribution in [1.82, 2.24) is 0 Å². The Labute approximate surface area is 354 Å². The summed E-state index contributed by atoms with van der Waals surface area (Å²) in [6.07, 6.45) is 62.1. The van der Waals surface area contributed by atoms with Crippen molar-refractivity contribution < 1.29 is 24.2 Å². The van der Waals surface area contributed by atoms with E-state index < -0.39 is 6.10 Å². The Kier molecular flexibility index (Phi) is 46.4. The van der Waals surface area contributed by atoms with E-state index in [2.05, 4.69) is 62.5 Å². The van der Waals surface area contributed by atoms with E-state index in [1.807, 2.05) is 0 Å². The number of carbonyl (C=O) groups excluding carboxylic acids is 2. The summed E-state index contributed by atoms with van der Waals surface area (Å²) in [6, 6.07) is 0. The highest BCUT2D eigenvalue weighted by atomic mass is 16.6. The first-order valence-electron chi connectivity index (χ1n) is 24.7. The van der Waals surface area contributed by atoms with E-state index in [0.717, 1.165) is 44.9 Å². The molecular formula is C52H94O5. The van der Waals surface area contributed by atoms with E-state index >= 15 is 0 Å². The molecule has 0 amide bonds. The lowest BCUT2D eigenvalue weighted by molar-refractivity contribution is -0.161. The Hall–Kier alpha value is -2.14. The minimum Gasteiger partial charge on any atom is -0.462 e. The van der Waals surface area contributed by atoms with Crippen LogP contribution in [0, 0.1) is 0 Å². The number of ether oxygens (including phenoxy) is 2. The highest BCUT2D eigenvalue weighted by Crippen LogP contribution is 2.16. The van der Waals surface area contributed by atoms with E-state index in [9.17, 15) is 14.7 Å². The molecule has 0 spiro atoms. The van der Waals surface area contributed by atoms with Gasteiger partial charge in [-0.05, 0) is 51.4 Å². The van der Waals surface area contributed by atoms with Crippen LogP contribution in [-0.2, 0) is 19.1 Å². The second-order valence-corrected chi connectivity index (χ2v) is 16.5. The molecule has 1 atom stereocenters. The molecule has 0 bridgehead atoms. The molecule has 57 heavy (non-hydrogen) atoms. The molecule has 5 nitrogen and oxygen atoms in total. The minimum absolute atomic E-state index is 0.0855. The first-order chi connectivity index (χ1) is 28.1. The summed E-state index contributed by atoms with van der Waals surface area (Å²) in [5.41, 5.74) is 0. The quantitative estimate of drug-likeness (QED) is 0.0377. The number of carbonyl (C=O) groups is 2. The average molecular weight is 799 g/mol. The highest BCUT2D eigenvalue weighted by molar-refractivity contribution is 5.70. The van der Waals surface area contributed by atoms with Gasteiger partial charge in [-0.2, -0.15) is 0 Å². The molecule has 0 aliphatic heterocycles. The Bertz CT molecular complexity index is 950. The maximum atomic E-state index is 12.2. The maximum Gasteiger partial charge on any atom is 0.306 e. The van der Waals surface area contributed by atoms with Gasteiger partial charge in [-0.25, -0.2) is 0 Å². The van der Waals surface area contributed by atoms with Crippen molar-refractivity contribution in [2.24, 2.45) is 0 Å². The van der Waals surface area contributed by atoms with Crippen LogP contribution in [0.4, 0.5) is 0 Å².